The SMILES string of the molecule is C=CCN/C(=C\C(=S)c1ccccc1)SCc1ccccc1. The van der Waals surface area contributed by atoms with Gasteiger partial charge in [-0.05, 0) is 17.2 Å². The van der Waals surface area contributed by atoms with Crippen LogP contribution in [0.5, 0.6) is 0 Å². The molecule has 0 heterocycles. The van der Waals surface area contributed by atoms with Crippen molar-refractivity contribution in [3.05, 3.63) is 95.6 Å². The molecule has 0 fully saturated rings. The summed E-state index contributed by atoms with van der Waals surface area (Å²) in [6.07, 6.45) is 3.88. The second kappa shape index (κ2) is 9.23. The maximum atomic E-state index is 5.52. The Morgan fingerprint density at radius 1 is 1.05 bits per heavy atom. The van der Waals surface area contributed by atoms with E-state index >= 15 is 0 Å². The van der Waals surface area contributed by atoms with Crippen LogP contribution in [0.4, 0.5) is 0 Å². The van der Waals surface area contributed by atoms with E-state index < -0.39 is 0 Å². The smallest absolute Gasteiger partial charge is 0.0701 e. The summed E-state index contributed by atoms with van der Waals surface area (Å²) in [4.78, 5) is 0.840. The summed E-state index contributed by atoms with van der Waals surface area (Å²) in [6, 6.07) is 20.5. The number of hydrogen-bond donors (Lipinski definition) is 1. The average molecular weight is 326 g/mol. The molecule has 0 bridgehead atoms. The lowest BCUT2D eigenvalue weighted by Gasteiger charge is -2.10. The zero-order chi connectivity index (χ0) is 15.6. The lowest BCUT2D eigenvalue weighted by molar-refractivity contribution is 0.970. The number of hydrogen-bond acceptors (Lipinski definition) is 3. The minimum atomic E-state index is 0.727. The molecule has 0 amide bonds. The van der Waals surface area contributed by atoms with E-state index in [2.05, 4.69) is 36.2 Å². The van der Waals surface area contributed by atoms with Crippen LogP contribution in [0, 0.1) is 0 Å². The molecule has 0 aromatic heterocycles. The van der Waals surface area contributed by atoms with E-state index in [-0.39, 0.29) is 0 Å². The van der Waals surface area contributed by atoms with E-state index in [0.29, 0.717) is 0 Å². The van der Waals surface area contributed by atoms with Crippen LogP contribution in [0.25, 0.3) is 0 Å². The Morgan fingerprint density at radius 3 is 2.32 bits per heavy atom. The van der Waals surface area contributed by atoms with Gasteiger partial charge < -0.3 is 5.32 Å². The predicted molar refractivity (Wildman–Crippen MR) is 102 cm³/mol. The Labute approximate surface area is 142 Å². The number of thioether (sulfide) groups is 1. The van der Waals surface area contributed by atoms with Gasteiger partial charge in [-0.15, -0.1) is 18.3 Å². The first-order valence-corrected chi connectivity index (χ1v) is 8.51. The minimum Gasteiger partial charge on any atom is -0.376 e. The molecule has 22 heavy (non-hydrogen) atoms. The molecule has 0 radical (unpaired) electrons. The van der Waals surface area contributed by atoms with Crippen LogP contribution in [0.2, 0.25) is 0 Å². The maximum Gasteiger partial charge on any atom is 0.0701 e. The molecule has 0 atom stereocenters. The number of thiocarbonyl (C=S) groups is 1. The fraction of sp³-hybridized carbons (Fsp3) is 0.105. The van der Waals surface area contributed by atoms with Crippen LogP contribution in [0.3, 0.4) is 0 Å². The van der Waals surface area contributed by atoms with Gasteiger partial charge in [-0.25, -0.2) is 0 Å². The summed E-state index contributed by atoms with van der Waals surface area (Å²) < 4.78 is 0. The highest BCUT2D eigenvalue weighted by molar-refractivity contribution is 8.02. The van der Waals surface area contributed by atoms with Gasteiger partial charge in [-0.2, -0.15) is 0 Å². The number of allylic oxidation sites excluding steroid dienone is 1. The number of nitrogens with one attached hydrogen (secondary N) is 1. The van der Waals surface area contributed by atoms with Gasteiger partial charge in [0.05, 0.1) is 5.03 Å². The Bertz CT molecular complexity index is 633. The van der Waals surface area contributed by atoms with Crippen LogP contribution >= 0.6 is 24.0 Å². The molecule has 1 N–H and O–H groups in total. The topological polar surface area (TPSA) is 12.0 Å². The van der Waals surface area contributed by atoms with Gasteiger partial charge in [0.15, 0.2) is 0 Å². The van der Waals surface area contributed by atoms with E-state index in [1.54, 1.807) is 11.8 Å². The van der Waals surface area contributed by atoms with E-state index in [4.69, 9.17) is 12.2 Å². The van der Waals surface area contributed by atoms with Crippen molar-refractivity contribution >= 4 is 28.8 Å². The third kappa shape index (κ3) is 5.51. The Morgan fingerprint density at radius 2 is 1.68 bits per heavy atom. The first-order chi connectivity index (χ1) is 10.8. The van der Waals surface area contributed by atoms with Gasteiger partial charge in [0, 0.05) is 17.2 Å². The highest BCUT2D eigenvalue weighted by Crippen LogP contribution is 2.20. The van der Waals surface area contributed by atoms with Crippen LogP contribution < -0.4 is 5.32 Å². The van der Waals surface area contributed by atoms with Crippen molar-refractivity contribution in [2.75, 3.05) is 6.54 Å². The van der Waals surface area contributed by atoms with Crippen molar-refractivity contribution in [3.8, 4) is 0 Å². The number of benzene rings is 2. The molecule has 1 nitrogen and oxygen atoms in total. The van der Waals surface area contributed by atoms with Gasteiger partial charge >= 0.3 is 0 Å². The first-order valence-electron chi connectivity index (χ1n) is 7.12. The van der Waals surface area contributed by atoms with Crippen LogP contribution in [0.15, 0.2) is 84.4 Å². The summed E-state index contributed by atoms with van der Waals surface area (Å²) in [5, 5.41) is 4.43. The molecule has 0 spiro atoms. The maximum absolute atomic E-state index is 5.52. The van der Waals surface area contributed by atoms with Gasteiger partial charge in [0.1, 0.15) is 0 Å². The summed E-state index contributed by atoms with van der Waals surface area (Å²) in [5.41, 5.74) is 2.36. The normalized spacial score (nSPS) is 11.0. The van der Waals surface area contributed by atoms with Crippen molar-refractivity contribution in [2.24, 2.45) is 0 Å². The van der Waals surface area contributed by atoms with E-state index in [0.717, 1.165) is 27.8 Å². The van der Waals surface area contributed by atoms with Crippen molar-refractivity contribution < 1.29 is 0 Å². The molecule has 0 aliphatic carbocycles. The third-order valence-electron chi connectivity index (χ3n) is 2.98. The number of rotatable bonds is 8. The molecule has 3 heteroatoms. The van der Waals surface area contributed by atoms with Crippen molar-refractivity contribution in [3.63, 3.8) is 0 Å². The fourth-order valence-corrected chi connectivity index (χ4v) is 3.09. The third-order valence-corrected chi connectivity index (χ3v) is 4.38. The van der Waals surface area contributed by atoms with E-state index in [1.165, 1.54) is 5.56 Å². The second-order valence-electron chi connectivity index (χ2n) is 4.68. The standard InChI is InChI=1S/C19H19NS2/c1-2-13-20-19(22-15-16-9-5-3-6-10-16)14-18(21)17-11-7-4-8-12-17/h2-12,14,20H,1,13,15H2/b19-14+. The highest BCUT2D eigenvalue weighted by atomic mass is 32.2. The molecule has 2 aromatic rings. The van der Waals surface area contributed by atoms with Crippen molar-refractivity contribution in [2.45, 2.75) is 5.75 Å². The van der Waals surface area contributed by atoms with Gasteiger partial charge in [-0.1, -0.05) is 79.0 Å². The summed E-state index contributed by atoms with van der Waals surface area (Å²) >= 11 is 7.27. The molecular weight excluding hydrogens is 306 g/mol. The van der Waals surface area contributed by atoms with Crippen LogP contribution in [-0.4, -0.2) is 11.4 Å². The second-order valence-corrected chi connectivity index (χ2v) is 6.14. The molecule has 0 saturated carbocycles. The van der Waals surface area contributed by atoms with Crippen molar-refractivity contribution in [1.29, 1.82) is 0 Å². The summed E-state index contributed by atoms with van der Waals surface area (Å²) in [6.45, 7) is 4.48. The van der Waals surface area contributed by atoms with E-state index in [9.17, 15) is 0 Å². The molecule has 0 unspecified atom stereocenters. The summed E-state index contributed by atoms with van der Waals surface area (Å²) in [5.74, 6) is 0.911. The lowest BCUT2D eigenvalue weighted by atomic mass is 10.1. The lowest BCUT2D eigenvalue weighted by Crippen LogP contribution is -2.12. The molecule has 0 aliphatic rings. The zero-order valence-electron chi connectivity index (χ0n) is 12.4. The van der Waals surface area contributed by atoms with Gasteiger partial charge in [-0.3, -0.25) is 0 Å². The molecule has 2 aromatic carbocycles. The zero-order valence-corrected chi connectivity index (χ0v) is 14.0. The molecule has 2 rings (SSSR count). The van der Waals surface area contributed by atoms with E-state index in [1.807, 2.05) is 48.6 Å². The molecular formula is C19H19NS2. The average Bonchev–Trinajstić information content (AvgIpc) is 2.59. The van der Waals surface area contributed by atoms with Gasteiger partial charge in [0.25, 0.3) is 0 Å². The predicted octanol–water partition coefficient (Wildman–Crippen LogP) is 4.96. The van der Waals surface area contributed by atoms with Gasteiger partial charge in [0.2, 0.25) is 0 Å². The Balaban J connectivity index is 2.06. The van der Waals surface area contributed by atoms with Crippen molar-refractivity contribution in [1.82, 2.24) is 5.32 Å². The molecule has 0 aliphatic heterocycles. The molecule has 0 saturated heterocycles. The first kappa shape index (κ1) is 16.5. The summed E-state index contributed by atoms with van der Waals surface area (Å²) in [7, 11) is 0. The van der Waals surface area contributed by atoms with Crippen LogP contribution in [0.1, 0.15) is 11.1 Å². The largest absolute Gasteiger partial charge is 0.376 e. The highest BCUT2D eigenvalue weighted by Gasteiger charge is 2.03. The minimum absolute atomic E-state index is 0.727. The fourth-order valence-electron chi connectivity index (χ4n) is 1.86. The molecule has 112 valence electrons. The Kier molecular flexibility index (Phi) is 6.94. The Hall–Kier alpha value is -1.84. The van der Waals surface area contributed by atoms with Crippen LogP contribution in [-0.2, 0) is 5.75 Å². The monoisotopic (exact) mass is 325 g/mol. The quantitative estimate of drug-likeness (QED) is 0.319.